The van der Waals surface area contributed by atoms with Crippen molar-refractivity contribution in [2.75, 3.05) is 0 Å². The van der Waals surface area contributed by atoms with E-state index in [1.807, 2.05) is 11.3 Å². The van der Waals surface area contributed by atoms with Crippen LogP contribution < -0.4 is 0 Å². The molecule has 0 amide bonds. The Morgan fingerprint density at radius 3 is 2.17 bits per heavy atom. The van der Waals surface area contributed by atoms with Crippen LogP contribution in [0.25, 0.3) is 10.6 Å². The molecule has 126 valence electrons. The van der Waals surface area contributed by atoms with Crippen LogP contribution in [0.3, 0.4) is 0 Å². The maximum atomic E-state index is 4.68. The fraction of sp³-hybridized carbons (Fsp3) is 0.571. The average molecular weight is 330 g/mol. The summed E-state index contributed by atoms with van der Waals surface area (Å²) in [4.78, 5) is 7.50. The van der Waals surface area contributed by atoms with Crippen LogP contribution >= 0.6 is 11.3 Å². The SMILES string of the molecule is CCCCCCc1ccc(-c2ccc(CCCCCC)s2)nc1. The number of aryl methyl sites for hydroxylation is 2. The van der Waals surface area contributed by atoms with Crippen molar-refractivity contribution in [3.05, 3.63) is 40.9 Å². The zero-order valence-electron chi connectivity index (χ0n) is 14.8. The van der Waals surface area contributed by atoms with Crippen molar-refractivity contribution < 1.29 is 0 Å². The van der Waals surface area contributed by atoms with Gasteiger partial charge in [-0.3, -0.25) is 4.98 Å². The van der Waals surface area contributed by atoms with Crippen molar-refractivity contribution in [2.45, 2.75) is 78.1 Å². The van der Waals surface area contributed by atoms with E-state index in [2.05, 4.69) is 49.3 Å². The lowest BCUT2D eigenvalue weighted by Crippen LogP contribution is -1.88. The summed E-state index contributed by atoms with van der Waals surface area (Å²) in [5.74, 6) is 0. The smallest absolute Gasteiger partial charge is 0.0801 e. The van der Waals surface area contributed by atoms with Crippen molar-refractivity contribution >= 4 is 11.3 Å². The third-order valence-electron chi connectivity index (χ3n) is 4.33. The van der Waals surface area contributed by atoms with Crippen LogP contribution in [0, 0.1) is 0 Å². The molecular formula is C21H31NS. The predicted octanol–water partition coefficient (Wildman–Crippen LogP) is 7.06. The van der Waals surface area contributed by atoms with E-state index in [4.69, 9.17) is 0 Å². The van der Waals surface area contributed by atoms with Crippen LogP contribution in [0.2, 0.25) is 0 Å². The second kappa shape index (κ2) is 10.6. The number of hydrogen-bond donors (Lipinski definition) is 0. The molecule has 0 aliphatic rings. The van der Waals surface area contributed by atoms with E-state index >= 15 is 0 Å². The van der Waals surface area contributed by atoms with Gasteiger partial charge in [-0.1, -0.05) is 58.4 Å². The van der Waals surface area contributed by atoms with Crippen LogP contribution in [0.5, 0.6) is 0 Å². The molecule has 0 saturated carbocycles. The summed E-state index contributed by atoms with van der Waals surface area (Å²) in [7, 11) is 0. The highest BCUT2D eigenvalue weighted by molar-refractivity contribution is 7.15. The zero-order valence-corrected chi connectivity index (χ0v) is 15.6. The van der Waals surface area contributed by atoms with E-state index in [1.165, 1.54) is 79.5 Å². The Labute approximate surface area is 146 Å². The molecule has 0 unspecified atom stereocenters. The number of unbranched alkanes of at least 4 members (excludes halogenated alkanes) is 6. The Morgan fingerprint density at radius 1 is 0.783 bits per heavy atom. The minimum absolute atomic E-state index is 1.13. The van der Waals surface area contributed by atoms with Crippen LogP contribution in [-0.2, 0) is 12.8 Å². The molecule has 2 aromatic rings. The van der Waals surface area contributed by atoms with Crippen molar-refractivity contribution in [3.8, 4) is 10.6 Å². The summed E-state index contributed by atoms with van der Waals surface area (Å²) in [6.07, 6.45) is 15.1. The van der Waals surface area contributed by atoms with Gasteiger partial charge in [0, 0.05) is 11.1 Å². The first kappa shape index (κ1) is 18.2. The third kappa shape index (κ3) is 6.47. The number of nitrogens with zero attached hydrogens (tertiary/aromatic N) is 1. The summed E-state index contributed by atoms with van der Waals surface area (Å²) in [5, 5.41) is 0. The van der Waals surface area contributed by atoms with Gasteiger partial charge in [-0.2, -0.15) is 0 Å². The molecule has 23 heavy (non-hydrogen) atoms. The van der Waals surface area contributed by atoms with Crippen molar-refractivity contribution in [2.24, 2.45) is 0 Å². The molecule has 0 aromatic carbocycles. The highest BCUT2D eigenvalue weighted by Gasteiger charge is 2.04. The number of aromatic nitrogens is 1. The monoisotopic (exact) mass is 329 g/mol. The number of thiophene rings is 1. The van der Waals surface area contributed by atoms with Gasteiger partial charge in [-0.05, 0) is 49.4 Å². The molecule has 0 aliphatic heterocycles. The molecule has 2 rings (SSSR count). The molecule has 2 aromatic heterocycles. The fourth-order valence-corrected chi connectivity index (χ4v) is 3.88. The van der Waals surface area contributed by atoms with E-state index in [0.29, 0.717) is 0 Å². The third-order valence-corrected chi connectivity index (χ3v) is 5.50. The maximum Gasteiger partial charge on any atom is 0.0801 e. The first-order chi connectivity index (χ1) is 11.3. The van der Waals surface area contributed by atoms with Crippen molar-refractivity contribution in [1.82, 2.24) is 4.98 Å². The highest BCUT2D eigenvalue weighted by Crippen LogP contribution is 2.28. The summed E-state index contributed by atoms with van der Waals surface area (Å²) in [5.41, 5.74) is 2.51. The van der Waals surface area contributed by atoms with Crippen LogP contribution in [0.15, 0.2) is 30.5 Å². The standard InChI is InChI=1S/C21H31NS/c1-3-5-7-9-11-18-13-15-20(22-17-18)21-16-14-19(23-21)12-10-8-6-4-2/h13-17H,3-12H2,1-2H3. The van der Waals surface area contributed by atoms with Gasteiger partial charge < -0.3 is 0 Å². The molecule has 0 aliphatic carbocycles. The Balaban J connectivity index is 1.83. The Morgan fingerprint density at radius 2 is 1.52 bits per heavy atom. The van der Waals surface area contributed by atoms with E-state index in [1.54, 1.807) is 0 Å². The van der Waals surface area contributed by atoms with Gasteiger partial charge in [0.25, 0.3) is 0 Å². The molecule has 2 heterocycles. The Bertz CT molecular complexity index is 541. The average Bonchev–Trinajstić information content (AvgIpc) is 3.05. The molecule has 0 radical (unpaired) electrons. The molecule has 0 N–H and O–H groups in total. The second-order valence-electron chi connectivity index (χ2n) is 6.44. The van der Waals surface area contributed by atoms with Gasteiger partial charge in [-0.25, -0.2) is 0 Å². The van der Waals surface area contributed by atoms with Crippen LogP contribution in [0.4, 0.5) is 0 Å². The van der Waals surface area contributed by atoms with E-state index in [-0.39, 0.29) is 0 Å². The molecule has 1 nitrogen and oxygen atoms in total. The van der Waals surface area contributed by atoms with Gasteiger partial charge in [-0.15, -0.1) is 11.3 Å². The predicted molar refractivity (Wildman–Crippen MR) is 103 cm³/mol. The van der Waals surface area contributed by atoms with E-state index in [0.717, 1.165) is 5.69 Å². The summed E-state index contributed by atoms with van der Waals surface area (Å²) >= 11 is 1.91. The molecule has 2 heteroatoms. The quantitative estimate of drug-likeness (QED) is 0.402. The topological polar surface area (TPSA) is 12.9 Å². The second-order valence-corrected chi connectivity index (χ2v) is 7.61. The van der Waals surface area contributed by atoms with Crippen molar-refractivity contribution in [3.63, 3.8) is 0 Å². The van der Waals surface area contributed by atoms with Gasteiger partial charge in [0.05, 0.1) is 10.6 Å². The van der Waals surface area contributed by atoms with Gasteiger partial charge in [0.1, 0.15) is 0 Å². The fourth-order valence-electron chi connectivity index (χ4n) is 2.85. The number of pyridine rings is 1. The summed E-state index contributed by atoms with van der Waals surface area (Å²) < 4.78 is 0. The van der Waals surface area contributed by atoms with E-state index in [9.17, 15) is 0 Å². The Hall–Kier alpha value is -1.15. The minimum atomic E-state index is 1.13. The maximum absolute atomic E-state index is 4.68. The number of hydrogen-bond acceptors (Lipinski definition) is 2. The first-order valence-electron chi connectivity index (χ1n) is 9.37. The van der Waals surface area contributed by atoms with Gasteiger partial charge in [0.15, 0.2) is 0 Å². The zero-order chi connectivity index (χ0) is 16.3. The van der Waals surface area contributed by atoms with Crippen LogP contribution in [-0.4, -0.2) is 4.98 Å². The number of rotatable bonds is 11. The molecule has 0 atom stereocenters. The summed E-state index contributed by atoms with van der Waals surface area (Å²) in [6.45, 7) is 4.53. The molecule has 0 fully saturated rings. The molecule has 0 spiro atoms. The van der Waals surface area contributed by atoms with E-state index < -0.39 is 0 Å². The lowest BCUT2D eigenvalue weighted by atomic mass is 10.1. The Kier molecular flexibility index (Phi) is 8.38. The molecular weight excluding hydrogens is 298 g/mol. The normalized spacial score (nSPS) is 11.0. The lowest BCUT2D eigenvalue weighted by Gasteiger charge is -2.02. The van der Waals surface area contributed by atoms with Gasteiger partial charge in [0.2, 0.25) is 0 Å². The largest absolute Gasteiger partial charge is 0.255 e. The summed E-state index contributed by atoms with van der Waals surface area (Å²) in [6, 6.07) is 8.98. The highest BCUT2D eigenvalue weighted by atomic mass is 32.1. The minimum Gasteiger partial charge on any atom is -0.255 e. The molecule has 0 saturated heterocycles. The molecule has 0 bridgehead atoms. The lowest BCUT2D eigenvalue weighted by molar-refractivity contribution is 0.666. The van der Waals surface area contributed by atoms with Gasteiger partial charge >= 0.3 is 0 Å². The van der Waals surface area contributed by atoms with Crippen LogP contribution in [0.1, 0.15) is 75.7 Å². The van der Waals surface area contributed by atoms with Crippen molar-refractivity contribution in [1.29, 1.82) is 0 Å². The first-order valence-corrected chi connectivity index (χ1v) is 10.2.